The van der Waals surface area contributed by atoms with Crippen molar-refractivity contribution in [3.63, 3.8) is 0 Å². The highest BCUT2D eigenvalue weighted by Crippen LogP contribution is 2.22. The number of rotatable bonds is 1. The largest absolute Gasteiger partial charge is 0.197 e. The third kappa shape index (κ3) is 1.86. The van der Waals surface area contributed by atoms with Crippen molar-refractivity contribution in [1.82, 2.24) is 0 Å². The van der Waals surface area contributed by atoms with Gasteiger partial charge in [-0.2, -0.15) is 10.5 Å². The first-order valence-corrected chi connectivity index (χ1v) is 3.93. The van der Waals surface area contributed by atoms with Gasteiger partial charge in [-0.15, -0.1) is 0 Å². The van der Waals surface area contributed by atoms with Crippen molar-refractivity contribution in [3.05, 3.63) is 35.4 Å². The molecular weight excluding hydrogens is 160 g/mol. The second-order valence-corrected chi connectivity index (χ2v) is 3.36. The Morgan fingerprint density at radius 2 is 2.00 bits per heavy atom. The molecule has 1 aromatic carbocycles. The first kappa shape index (κ1) is 9.29. The maximum atomic E-state index is 8.86. The summed E-state index contributed by atoms with van der Waals surface area (Å²) in [4.78, 5) is 0. The van der Waals surface area contributed by atoms with Crippen LogP contribution in [0.5, 0.6) is 0 Å². The standard InChI is InChI=1S/C11H9N2/c1-11(2,8-13)10-5-3-4-9(6-10)7-12/h4-6H,1-2H3. The fraction of sp³-hybridized carbons (Fsp3) is 0.273. The van der Waals surface area contributed by atoms with Gasteiger partial charge < -0.3 is 0 Å². The van der Waals surface area contributed by atoms with Gasteiger partial charge in [0.15, 0.2) is 0 Å². The predicted molar refractivity (Wildman–Crippen MR) is 48.6 cm³/mol. The first-order chi connectivity index (χ1) is 6.10. The minimum atomic E-state index is -0.552. The van der Waals surface area contributed by atoms with Crippen LogP contribution in [0.15, 0.2) is 18.2 Å². The van der Waals surface area contributed by atoms with E-state index in [1.807, 2.05) is 19.9 Å². The van der Waals surface area contributed by atoms with Gasteiger partial charge in [-0.05, 0) is 43.7 Å². The smallest absolute Gasteiger partial charge is 0.0991 e. The van der Waals surface area contributed by atoms with Crippen molar-refractivity contribution >= 4 is 0 Å². The Labute approximate surface area is 78.0 Å². The fourth-order valence-corrected chi connectivity index (χ4v) is 0.962. The van der Waals surface area contributed by atoms with Crippen molar-refractivity contribution in [2.45, 2.75) is 19.3 Å². The summed E-state index contributed by atoms with van der Waals surface area (Å²) in [7, 11) is 0. The summed E-state index contributed by atoms with van der Waals surface area (Å²) in [6.07, 6.45) is 0. The Kier molecular flexibility index (Phi) is 2.35. The fourth-order valence-electron chi connectivity index (χ4n) is 0.962. The van der Waals surface area contributed by atoms with Gasteiger partial charge in [0.05, 0.1) is 23.1 Å². The van der Waals surface area contributed by atoms with Gasteiger partial charge in [0.25, 0.3) is 0 Å². The van der Waals surface area contributed by atoms with Crippen LogP contribution in [0.3, 0.4) is 0 Å². The van der Waals surface area contributed by atoms with Crippen LogP contribution in [0.1, 0.15) is 25.0 Å². The predicted octanol–water partition coefficient (Wildman–Crippen LogP) is 2.16. The van der Waals surface area contributed by atoms with E-state index < -0.39 is 5.41 Å². The van der Waals surface area contributed by atoms with E-state index in [0.717, 1.165) is 5.56 Å². The van der Waals surface area contributed by atoms with Crippen LogP contribution in [-0.2, 0) is 5.41 Å². The lowest BCUT2D eigenvalue weighted by Gasteiger charge is -2.15. The normalized spacial score (nSPS) is 10.2. The Bertz CT molecular complexity index is 391. The van der Waals surface area contributed by atoms with Gasteiger partial charge in [-0.3, -0.25) is 0 Å². The van der Waals surface area contributed by atoms with Gasteiger partial charge in [0, 0.05) is 0 Å². The van der Waals surface area contributed by atoms with E-state index in [4.69, 9.17) is 10.5 Å². The number of nitrogens with zero attached hydrogens (tertiary/aromatic N) is 2. The van der Waals surface area contributed by atoms with E-state index in [1.165, 1.54) is 0 Å². The third-order valence-electron chi connectivity index (χ3n) is 1.92. The van der Waals surface area contributed by atoms with Gasteiger partial charge in [-0.25, -0.2) is 0 Å². The second kappa shape index (κ2) is 3.29. The molecule has 0 N–H and O–H groups in total. The monoisotopic (exact) mass is 169 g/mol. The molecule has 0 fully saturated rings. The molecule has 0 atom stereocenters. The highest BCUT2D eigenvalue weighted by Gasteiger charge is 2.19. The molecule has 0 aliphatic rings. The molecule has 0 spiro atoms. The van der Waals surface area contributed by atoms with Crippen molar-refractivity contribution in [1.29, 1.82) is 10.5 Å². The maximum absolute atomic E-state index is 8.86. The molecule has 13 heavy (non-hydrogen) atoms. The average molecular weight is 169 g/mol. The van der Waals surface area contributed by atoms with Crippen LogP contribution in [0.2, 0.25) is 0 Å². The molecule has 2 nitrogen and oxygen atoms in total. The summed E-state index contributed by atoms with van der Waals surface area (Å²) in [5.41, 5.74) is 0.818. The average Bonchev–Trinajstić information content (AvgIpc) is 2.18. The van der Waals surface area contributed by atoms with Crippen molar-refractivity contribution in [2.24, 2.45) is 0 Å². The maximum Gasteiger partial charge on any atom is 0.0991 e. The molecule has 1 aromatic rings. The minimum absolute atomic E-state index is 0.542. The first-order valence-electron chi connectivity index (χ1n) is 3.93. The van der Waals surface area contributed by atoms with E-state index >= 15 is 0 Å². The minimum Gasteiger partial charge on any atom is -0.197 e. The molecule has 0 aliphatic carbocycles. The lowest BCUT2D eigenvalue weighted by molar-refractivity contribution is 0.686. The van der Waals surface area contributed by atoms with Crippen LogP contribution < -0.4 is 0 Å². The van der Waals surface area contributed by atoms with Crippen molar-refractivity contribution in [2.75, 3.05) is 0 Å². The molecule has 0 aliphatic heterocycles. The number of benzene rings is 1. The van der Waals surface area contributed by atoms with Crippen molar-refractivity contribution < 1.29 is 0 Å². The van der Waals surface area contributed by atoms with Crippen LogP contribution in [-0.4, -0.2) is 0 Å². The third-order valence-corrected chi connectivity index (χ3v) is 1.92. The van der Waals surface area contributed by atoms with E-state index in [-0.39, 0.29) is 0 Å². The molecule has 63 valence electrons. The van der Waals surface area contributed by atoms with E-state index in [2.05, 4.69) is 12.1 Å². The van der Waals surface area contributed by atoms with E-state index in [0.29, 0.717) is 5.56 Å². The quantitative estimate of drug-likeness (QED) is 0.646. The molecule has 0 aromatic heterocycles. The lowest BCUT2D eigenvalue weighted by atomic mass is 9.86. The number of nitriles is 2. The number of hydrogen-bond acceptors (Lipinski definition) is 2. The molecule has 1 rings (SSSR count). The van der Waals surface area contributed by atoms with Crippen LogP contribution in [0, 0.1) is 28.7 Å². The Morgan fingerprint density at radius 3 is 2.54 bits per heavy atom. The molecule has 0 amide bonds. The van der Waals surface area contributed by atoms with Crippen LogP contribution in [0.4, 0.5) is 0 Å². The molecule has 0 saturated heterocycles. The zero-order chi connectivity index (χ0) is 9.90. The molecule has 0 heterocycles. The van der Waals surface area contributed by atoms with Gasteiger partial charge >= 0.3 is 0 Å². The summed E-state index contributed by atoms with van der Waals surface area (Å²) in [5.74, 6) is 0. The molecular formula is C11H9N2. The molecule has 0 bridgehead atoms. The second-order valence-electron chi connectivity index (χ2n) is 3.36. The summed E-state index contributed by atoms with van der Waals surface area (Å²) in [5, 5.41) is 17.5. The zero-order valence-electron chi connectivity index (χ0n) is 7.63. The summed E-state index contributed by atoms with van der Waals surface area (Å²) in [6, 6.07) is 12.1. The Balaban J connectivity index is 3.20. The highest BCUT2D eigenvalue weighted by atomic mass is 14.3. The Morgan fingerprint density at radius 1 is 1.31 bits per heavy atom. The van der Waals surface area contributed by atoms with Crippen LogP contribution >= 0.6 is 0 Å². The molecule has 1 radical (unpaired) electrons. The van der Waals surface area contributed by atoms with E-state index in [9.17, 15) is 0 Å². The van der Waals surface area contributed by atoms with Gasteiger partial charge in [-0.1, -0.05) is 0 Å². The van der Waals surface area contributed by atoms with Crippen molar-refractivity contribution in [3.8, 4) is 12.1 Å². The topological polar surface area (TPSA) is 47.6 Å². The summed E-state index contributed by atoms with van der Waals surface area (Å²) < 4.78 is 0. The molecule has 2 heteroatoms. The summed E-state index contributed by atoms with van der Waals surface area (Å²) >= 11 is 0. The van der Waals surface area contributed by atoms with Gasteiger partial charge in [0.1, 0.15) is 0 Å². The van der Waals surface area contributed by atoms with Gasteiger partial charge in [0.2, 0.25) is 0 Å². The molecule has 0 saturated carbocycles. The lowest BCUT2D eigenvalue weighted by Crippen LogP contribution is -2.13. The SMILES string of the molecule is CC(C)(C#N)c1c[c]cc(C#N)c1. The number of hydrogen-bond donors (Lipinski definition) is 0. The zero-order valence-corrected chi connectivity index (χ0v) is 7.63. The van der Waals surface area contributed by atoms with E-state index in [1.54, 1.807) is 18.2 Å². The molecule has 0 unspecified atom stereocenters. The highest BCUT2D eigenvalue weighted by molar-refractivity contribution is 5.38. The summed E-state index contributed by atoms with van der Waals surface area (Å²) in [6.45, 7) is 3.63. The Hall–Kier alpha value is -1.80. The van der Waals surface area contributed by atoms with Crippen LogP contribution in [0.25, 0.3) is 0 Å².